The Labute approximate surface area is 105 Å². The summed E-state index contributed by atoms with van der Waals surface area (Å²) < 4.78 is 0. The van der Waals surface area contributed by atoms with Crippen molar-refractivity contribution in [3.63, 3.8) is 0 Å². The van der Waals surface area contributed by atoms with Gasteiger partial charge in [-0.2, -0.15) is 5.26 Å². The van der Waals surface area contributed by atoms with Crippen molar-refractivity contribution in [1.29, 1.82) is 5.26 Å². The predicted octanol–water partition coefficient (Wildman–Crippen LogP) is 0.928. The Morgan fingerprint density at radius 2 is 2.06 bits per heavy atom. The van der Waals surface area contributed by atoms with Crippen LogP contribution in [0, 0.1) is 35.0 Å². The second kappa shape index (κ2) is 4.81. The van der Waals surface area contributed by atoms with E-state index in [-0.39, 0.29) is 30.2 Å². The van der Waals surface area contributed by atoms with Crippen LogP contribution in [0.4, 0.5) is 0 Å². The zero-order valence-corrected chi connectivity index (χ0v) is 10.2. The van der Waals surface area contributed by atoms with Crippen LogP contribution in [-0.4, -0.2) is 23.0 Å². The third kappa shape index (κ3) is 2.10. The summed E-state index contributed by atoms with van der Waals surface area (Å²) in [5.74, 6) is -2.23. The average molecular weight is 248 g/mol. The van der Waals surface area contributed by atoms with Gasteiger partial charge in [0.2, 0.25) is 5.91 Å². The first kappa shape index (κ1) is 12.6. The minimum absolute atomic E-state index is 0.0190. The lowest BCUT2D eigenvalue weighted by molar-refractivity contribution is -0.148. The van der Waals surface area contributed by atoms with E-state index in [4.69, 9.17) is 5.26 Å². The highest BCUT2D eigenvalue weighted by molar-refractivity contribution is 5.87. The Hall–Kier alpha value is -1.83. The number of nitriles is 1. The number of carboxylic acid groups (broad SMARTS) is 1. The van der Waals surface area contributed by atoms with Gasteiger partial charge in [0.25, 0.3) is 0 Å². The monoisotopic (exact) mass is 248 g/mol. The summed E-state index contributed by atoms with van der Waals surface area (Å²) in [7, 11) is 0. The smallest absolute Gasteiger partial charge is 0.307 e. The van der Waals surface area contributed by atoms with Crippen LogP contribution in [-0.2, 0) is 9.59 Å². The van der Waals surface area contributed by atoms with E-state index in [1.54, 1.807) is 6.92 Å². The number of amides is 1. The van der Waals surface area contributed by atoms with Crippen molar-refractivity contribution in [2.75, 3.05) is 0 Å². The summed E-state index contributed by atoms with van der Waals surface area (Å²) in [5.41, 5.74) is 0. The zero-order chi connectivity index (χ0) is 13.3. The molecule has 2 N–H and O–H groups in total. The van der Waals surface area contributed by atoms with Crippen molar-refractivity contribution in [2.45, 2.75) is 25.8 Å². The number of aliphatic carboxylic acids is 1. The van der Waals surface area contributed by atoms with E-state index in [2.05, 4.69) is 5.32 Å². The molecule has 5 atom stereocenters. The van der Waals surface area contributed by atoms with Crippen LogP contribution in [0.1, 0.15) is 19.8 Å². The fourth-order valence-electron chi connectivity index (χ4n) is 3.04. The molecule has 0 aliphatic heterocycles. The summed E-state index contributed by atoms with van der Waals surface area (Å²) in [6.45, 7) is 1.75. The first-order valence-corrected chi connectivity index (χ1v) is 6.13. The minimum Gasteiger partial charge on any atom is -0.481 e. The number of rotatable bonds is 4. The van der Waals surface area contributed by atoms with Crippen molar-refractivity contribution in [3.05, 3.63) is 12.2 Å². The van der Waals surface area contributed by atoms with Crippen LogP contribution in [0.25, 0.3) is 0 Å². The number of nitrogens with zero attached hydrogens (tertiary/aromatic N) is 1. The maximum absolute atomic E-state index is 12.1. The first-order valence-electron chi connectivity index (χ1n) is 6.13. The molecule has 2 rings (SSSR count). The summed E-state index contributed by atoms with van der Waals surface area (Å²) in [6.07, 6.45) is 4.84. The van der Waals surface area contributed by atoms with Crippen molar-refractivity contribution >= 4 is 11.9 Å². The van der Waals surface area contributed by atoms with Crippen LogP contribution in [0.2, 0.25) is 0 Å². The SMILES string of the molecule is CC(CC#N)NC(=O)C1C2C=CC(C2)C1C(=O)O. The Kier molecular flexibility index (Phi) is 3.37. The van der Waals surface area contributed by atoms with Crippen molar-refractivity contribution in [1.82, 2.24) is 5.32 Å². The predicted molar refractivity (Wildman–Crippen MR) is 63.2 cm³/mol. The van der Waals surface area contributed by atoms with Crippen LogP contribution < -0.4 is 5.32 Å². The largest absolute Gasteiger partial charge is 0.481 e. The van der Waals surface area contributed by atoms with E-state index in [0.29, 0.717) is 0 Å². The molecule has 2 aliphatic rings. The van der Waals surface area contributed by atoms with Gasteiger partial charge in [0.1, 0.15) is 0 Å². The van der Waals surface area contributed by atoms with E-state index in [9.17, 15) is 14.7 Å². The number of carbonyl (C=O) groups is 2. The zero-order valence-electron chi connectivity index (χ0n) is 10.2. The quantitative estimate of drug-likeness (QED) is 0.724. The Morgan fingerprint density at radius 1 is 1.44 bits per heavy atom. The number of hydrogen-bond acceptors (Lipinski definition) is 3. The van der Waals surface area contributed by atoms with Gasteiger partial charge in [-0.25, -0.2) is 0 Å². The molecule has 0 spiro atoms. The minimum atomic E-state index is -0.903. The number of allylic oxidation sites excluding steroid dienone is 2. The molecule has 5 heteroatoms. The van der Waals surface area contributed by atoms with Gasteiger partial charge in [-0.3, -0.25) is 9.59 Å². The Morgan fingerprint density at radius 3 is 2.61 bits per heavy atom. The van der Waals surface area contributed by atoms with Crippen LogP contribution >= 0.6 is 0 Å². The van der Waals surface area contributed by atoms with Gasteiger partial charge in [-0.15, -0.1) is 0 Å². The van der Waals surface area contributed by atoms with E-state index in [0.717, 1.165) is 6.42 Å². The molecule has 96 valence electrons. The standard InChI is InChI=1S/C13H16N2O3/c1-7(4-5-14)15-12(16)10-8-2-3-9(6-8)11(10)13(17)18/h2-3,7-11H,4,6H2,1H3,(H,15,16)(H,17,18). The fraction of sp³-hybridized carbons (Fsp3) is 0.615. The molecule has 5 nitrogen and oxygen atoms in total. The number of hydrogen-bond donors (Lipinski definition) is 2. The highest BCUT2D eigenvalue weighted by atomic mass is 16.4. The average Bonchev–Trinajstić information content (AvgIpc) is 2.88. The summed E-state index contributed by atoms with van der Waals surface area (Å²) >= 11 is 0. The maximum Gasteiger partial charge on any atom is 0.307 e. The van der Waals surface area contributed by atoms with Gasteiger partial charge < -0.3 is 10.4 Å². The van der Waals surface area contributed by atoms with Crippen LogP contribution in [0.5, 0.6) is 0 Å². The Bertz CT molecular complexity index is 438. The van der Waals surface area contributed by atoms with Crippen LogP contribution in [0.3, 0.4) is 0 Å². The topological polar surface area (TPSA) is 90.2 Å². The normalized spacial score (nSPS) is 34.0. The van der Waals surface area contributed by atoms with Gasteiger partial charge in [0.05, 0.1) is 24.3 Å². The molecule has 0 aromatic carbocycles. The molecule has 18 heavy (non-hydrogen) atoms. The molecule has 0 aromatic rings. The lowest BCUT2D eigenvalue weighted by Crippen LogP contribution is -2.43. The third-order valence-electron chi connectivity index (χ3n) is 3.83. The maximum atomic E-state index is 12.1. The van der Waals surface area contributed by atoms with E-state index >= 15 is 0 Å². The molecule has 2 aliphatic carbocycles. The molecule has 5 unspecified atom stereocenters. The lowest BCUT2D eigenvalue weighted by Gasteiger charge is -2.25. The third-order valence-corrected chi connectivity index (χ3v) is 3.83. The van der Waals surface area contributed by atoms with E-state index in [1.807, 2.05) is 18.2 Å². The van der Waals surface area contributed by atoms with Gasteiger partial charge in [0, 0.05) is 6.04 Å². The molecule has 1 amide bonds. The second-order valence-corrected chi connectivity index (χ2v) is 5.11. The highest BCUT2D eigenvalue weighted by Gasteiger charge is 2.51. The molecular formula is C13H16N2O3. The van der Waals surface area contributed by atoms with Gasteiger partial charge in [-0.05, 0) is 25.2 Å². The Balaban J connectivity index is 2.08. The molecule has 1 fully saturated rings. The molecule has 0 heterocycles. The number of fused-ring (bicyclic) bond motifs is 2. The summed E-state index contributed by atoms with van der Waals surface area (Å²) in [4.78, 5) is 23.4. The molecule has 0 radical (unpaired) electrons. The van der Waals surface area contributed by atoms with Crippen molar-refractivity contribution in [3.8, 4) is 6.07 Å². The van der Waals surface area contributed by atoms with E-state index < -0.39 is 17.8 Å². The van der Waals surface area contributed by atoms with Crippen molar-refractivity contribution in [2.24, 2.45) is 23.7 Å². The first-order chi connectivity index (χ1) is 8.54. The molecule has 1 saturated carbocycles. The number of carbonyl (C=O) groups excluding carboxylic acids is 1. The number of carboxylic acids is 1. The molecule has 0 aromatic heterocycles. The number of nitrogens with one attached hydrogen (secondary N) is 1. The summed E-state index contributed by atoms with van der Waals surface area (Å²) in [5, 5.41) is 20.5. The van der Waals surface area contributed by atoms with Gasteiger partial charge in [0.15, 0.2) is 0 Å². The fourth-order valence-corrected chi connectivity index (χ4v) is 3.04. The second-order valence-electron chi connectivity index (χ2n) is 5.11. The lowest BCUT2D eigenvalue weighted by atomic mass is 9.82. The summed E-state index contributed by atoms with van der Waals surface area (Å²) in [6, 6.07) is 1.75. The molecular weight excluding hydrogens is 232 g/mol. The molecule has 2 bridgehead atoms. The molecule has 0 saturated heterocycles. The van der Waals surface area contributed by atoms with Crippen LogP contribution in [0.15, 0.2) is 12.2 Å². The van der Waals surface area contributed by atoms with Gasteiger partial charge >= 0.3 is 5.97 Å². The highest BCUT2D eigenvalue weighted by Crippen LogP contribution is 2.48. The van der Waals surface area contributed by atoms with Crippen molar-refractivity contribution < 1.29 is 14.7 Å². The van der Waals surface area contributed by atoms with Gasteiger partial charge in [-0.1, -0.05) is 12.2 Å². The van der Waals surface area contributed by atoms with E-state index in [1.165, 1.54) is 0 Å².